The molecule has 0 unspecified atom stereocenters. The van der Waals surface area contributed by atoms with Crippen molar-refractivity contribution in [2.24, 2.45) is 0 Å². The average molecular weight is 284 g/mol. The van der Waals surface area contributed by atoms with Crippen molar-refractivity contribution >= 4 is 10.8 Å². The third-order valence-corrected chi connectivity index (χ3v) is 4.30. The van der Waals surface area contributed by atoms with Gasteiger partial charge in [0, 0.05) is 27.5 Å². The summed E-state index contributed by atoms with van der Waals surface area (Å²) in [6, 6.07) is 6.25. The van der Waals surface area contributed by atoms with Crippen LogP contribution in [-0.2, 0) is 17.4 Å². The number of benzene rings is 2. The molecule has 2 nitrogen and oxygen atoms in total. The molecule has 0 saturated carbocycles. The number of ether oxygens (including phenoxy) is 1. The van der Waals surface area contributed by atoms with E-state index in [1.807, 2.05) is 6.07 Å². The molecular weight excluding hydrogens is 260 g/mol. The molecule has 0 fully saturated rings. The Bertz CT molecular complexity index is 728. The first-order chi connectivity index (χ1) is 9.60. The number of phenolic OH excluding ortho intramolecular Hbond substituents is 1. The second kappa shape index (κ2) is 4.16. The predicted molar refractivity (Wildman–Crippen MR) is 87.3 cm³/mol. The van der Waals surface area contributed by atoms with Crippen LogP contribution in [0.2, 0.25) is 0 Å². The van der Waals surface area contributed by atoms with Crippen LogP contribution in [0.3, 0.4) is 0 Å². The Morgan fingerprint density at radius 2 is 1.57 bits per heavy atom. The van der Waals surface area contributed by atoms with Gasteiger partial charge in [-0.05, 0) is 16.9 Å². The summed E-state index contributed by atoms with van der Waals surface area (Å²) >= 11 is 0. The van der Waals surface area contributed by atoms with Crippen molar-refractivity contribution in [1.29, 1.82) is 0 Å². The van der Waals surface area contributed by atoms with Gasteiger partial charge in [-0.25, -0.2) is 0 Å². The smallest absolute Gasteiger partial charge is 0.131 e. The third kappa shape index (κ3) is 2.08. The van der Waals surface area contributed by atoms with Crippen LogP contribution in [0, 0.1) is 0 Å². The van der Waals surface area contributed by atoms with Crippen molar-refractivity contribution in [3.8, 4) is 11.5 Å². The van der Waals surface area contributed by atoms with Gasteiger partial charge >= 0.3 is 0 Å². The second-order valence-corrected chi connectivity index (χ2v) is 8.09. The molecule has 2 aromatic rings. The lowest BCUT2D eigenvalue weighted by Crippen LogP contribution is -2.13. The van der Waals surface area contributed by atoms with E-state index in [1.165, 1.54) is 11.1 Å². The molecule has 0 amide bonds. The first-order valence-corrected chi connectivity index (χ1v) is 7.56. The normalized spacial score (nSPS) is 14.6. The molecule has 112 valence electrons. The van der Waals surface area contributed by atoms with Gasteiger partial charge in [0.25, 0.3) is 0 Å². The van der Waals surface area contributed by atoms with Crippen molar-refractivity contribution < 1.29 is 9.84 Å². The van der Waals surface area contributed by atoms with Gasteiger partial charge in [0.2, 0.25) is 0 Å². The van der Waals surface area contributed by atoms with E-state index in [9.17, 15) is 5.11 Å². The zero-order valence-electron chi connectivity index (χ0n) is 13.8. The predicted octanol–water partition coefficient (Wildman–Crippen LogP) is 5.03. The summed E-state index contributed by atoms with van der Waals surface area (Å²) in [6.07, 6.45) is 0. The van der Waals surface area contributed by atoms with E-state index in [4.69, 9.17) is 4.74 Å². The summed E-state index contributed by atoms with van der Waals surface area (Å²) in [4.78, 5) is 0. The van der Waals surface area contributed by atoms with E-state index in [-0.39, 0.29) is 10.8 Å². The topological polar surface area (TPSA) is 29.5 Å². The fourth-order valence-corrected chi connectivity index (χ4v) is 3.13. The Hall–Kier alpha value is -1.70. The molecule has 0 aliphatic carbocycles. The number of phenols is 1. The van der Waals surface area contributed by atoms with Gasteiger partial charge in [0.05, 0.1) is 0 Å². The number of hydrogen-bond donors (Lipinski definition) is 1. The Labute approximate surface area is 126 Å². The Morgan fingerprint density at radius 1 is 0.952 bits per heavy atom. The van der Waals surface area contributed by atoms with Crippen molar-refractivity contribution in [3.05, 3.63) is 34.9 Å². The lowest BCUT2D eigenvalue weighted by atomic mass is 9.81. The first kappa shape index (κ1) is 14.2. The third-order valence-electron chi connectivity index (χ3n) is 4.30. The molecule has 1 aliphatic rings. The maximum absolute atomic E-state index is 10.7. The molecule has 0 bridgehead atoms. The SMILES string of the molecule is CC(C)(C)c1cc2c3c(c(C(C)(C)C)ccc3c1O)OC2. The first-order valence-electron chi connectivity index (χ1n) is 7.56. The Morgan fingerprint density at radius 3 is 2.14 bits per heavy atom. The summed E-state index contributed by atoms with van der Waals surface area (Å²) < 4.78 is 5.98. The zero-order valence-corrected chi connectivity index (χ0v) is 13.8. The van der Waals surface area contributed by atoms with Crippen LogP contribution in [0.15, 0.2) is 18.2 Å². The molecule has 3 rings (SSSR count). The minimum Gasteiger partial charge on any atom is -0.507 e. The van der Waals surface area contributed by atoms with Crippen LogP contribution >= 0.6 is 0 Å². The highest BCUT2D eigenvalue weighted by Gasteiger charge is 2.30. The van der Waals surface area contributed by atoms with Gasteiger partial charge in [-0.15, -0.1) is 0 Å². The Kier molecular flexibility index (Phi) is 2.82. The monoisotopic (exact) mass is 284 g/mol. The van der Waals surface area contributed by atoms with Crippen molar-refractivity contribution in [2.75, 3.05) is 0 Å². The molecule has 1 N–H and O–H groups in total. The molecule has 0 saturated heterocycles. The van der Waals surface area contributed by atoms with Crippen LogP contribution < -0.4 is 4.74 Å². The summed E-state index contributed by atoms with van der Waals surface area (Å²) in [5.41, 5.74) is 3.33. The van der Waals surface area contributed by atoms with Gasteiger partial charge in [-0.3, -0.25) is 0 Å². The Balaban J connectivity index is 2.38. The maximum Gasteiger partial charge on any atom is 0.131 e. The summed E-state index contributed by atoms with van der Waals surface area (Å²) in [7, 11) is 0. The van der Waals surface area contributed by atoms with Crippen LogP contribution in [0.1, 0.15) is 58.2 Å². The van der Waals surface area contributed by atoms with E-state index in [0.29, 0.717) is 12.4 Å². The van der Waals surface area contributed by atoms with Crippen molar-refractivity contribution in [1.82, 2.24) is 0 Å². The van der Waals surface area contributed by atoms with E-state index in [1.54, 1.807) is 0 Å². The molecule has 0 atom stereocenters. The van der Waals surface area contributed by atoms with Crippen LogP contribution in [0.25, 0.3) is 10.8 Å². The fraction of sp³-hybridized carbons (Fsp3) is 0.474. The maximum atomic E-state index is 10.7. The molecule has 1 heterocycles. The van der Waals surface area contributed by atoms with Gasteiger partial charge in [-0.2, -0.15) is 0 Å². The lowest BCUT2D eigenvalue weighted by Gasteiger charge is -2.24. The van der Waals surface area contributed by atoms with E-state index in [2.05, 4.69) is 53.7 Å². The minimum atomic E-state index is -0.0831. The molecule has 2 aromatic carbocycles. The highest BCUT2D eigenvalue weighted by atomic mass is 16.5. The van der Waals surface area contributed by atoms with Crippen LogP contribution in [0.4, 0.5) is 0 Å². The van der Waals surface area contributed by atoms with Crippen molar-refractivity contribution in [2.45, 2.75) is 59.0 Å². The standard InChI is InChI=1S/C19H24O2/c1-18(2,3)13-8-7-12-15-11(10-21-17(13)15)9-14(16(12)20)19(4,5)6/h7-9,20H,10H2,1-6H3. The lowest BCUT2D eigenvalue weighted by molar-refractivity contribution is 0.318. The van der Waals surface area contributed by atoms with Crippen LogP contribution in [0.5, 0.6) is 11.5 Å². The quantitative estimate of drug-likeness (QED) is 0.735. The molecular formula is C19H24O2. The molecule has 21 heavy (non-hydrogen) atoms. The summed E-state index contributed by atoms with van der Waals surface area (Å²) in [5.74, 6) is 1.35. The highest BCUT2D eigenvalue weighted by molar-refractivity contribution is 5.99. The van der Waals surface area contributed by atoms with Crippen LogP contribution in [-0.4, -0.2) is 5.11 Å². The van der Waals surface area contributed by atoms with Gasteiger partial charge in [0.1, 0.15) is 18.1 Å². The number of rotatable bonds is 0. The second-order valence-electron chi connectivity index (χ2n) is 8.09. The molecule has 2 heteroatoms. The fourth-order valence-electron chi connectivity index (χ4n) is 3.13. The molecule has 0 spiro atoms. The molecule has 0 aromatic heterocycles. The zero-order chi connectivity index (χ0) is 15.6. The average Bonchev–Trinajstić information content (AvgIpc) is 2.75. The van der Waals surface area contributed by atoms with Gasteiger partial charge in [-0.1, -0.05) is 53.7 Å². The number of aromatic hydroxyl groups is 1. The van der Waals surface area contributed by atoms with Crippen molar-refractivity contribution in [3.63, 3.8) is 0 Å². The molecule has 0 radical (unpaired) electrons. The van der Waals surface area contributed by atoms with Gasteiger partial charge < -0.3 is 9.84 Å². The number of hydrogen-bond acceptors (Lipinski definition) is 2. The molecule has 1 aliphatic heterocycles. The van der Waals surface area contributed by atoms with Gasteiger partial charge in [0.15, 0.2) is 0 Å². The minimum absolute atomic E-state index is 0.0312. The van der Waals surface area contributed by atoms with E-state index < -0.39 is 0 Å². The summed E-state index contributed by atoms with van der Waals surface area (Å²) in [6.45, 7) is 13.5. The largest absolute Gasteiger partial charge is 0.507 e. The summed E-state index contributed by atoms with van der Waals surface area (Å²) in [5, 5.41) is 12.7. The van der Waals surface area contributed by atoms with E-state index in [0.717, 1.165) is 22.1 Å². The van der Waals surface area contributed by atoms with E-state index >= 15 is 0 Å². The highest BCUT2D eigenvalue weighted by Crippen LogP contribution is 2.48.